The zero-order chi connectivity index (χ0) is 34.1. The van der Waals surface area contributed by atoms with E-state index < -0.39 is 53.2 Å². The molecule has 0 aliphatic rings. The molecule has 2 N–H and O–H groups in total. The highest BCUT2D eigenvalue weighted by Gasteiger charge is 2.38. The van der Waals surface area contributed by atoms with Gasteiger partial charge in [-0.3, -0.25) is 9.59 Å². The van der Waals surface area contributed by atoms with E-state index in [1.165, 1.54) is 4.90 Å². The molecule has 2 rings (SSSR count). The molecular formula is C36H53N3O6. The second-order valence-electron chi connectivity index (χ2n) is 14.1. The minimum absolute atomic E-state index is 0.0588. The summed E-state index contributed by atoms with van der Waals surface area (Å²) in [5.74, 6) is -1.46. The summed E-state index contributed by atoms with van der Waals surface area (Å²) in [5, 5.41) is 5.67. The maximum Gasteiger partial charge on any atom is 0.408 e. The van der Waals surface area contributed by atoms with Gasteiger partial charge in [0, 0.05) is 13.0 Å². The summed E-state index contributed by atoms with van der Waals surface area (Å²) in [6, 6.07) is 12.1. The number of hydrogen-bond acceptors (Lipinski definition) is 6. The Bertz CT molecular complexity index is 1290. The van der Waals surface area contributed by atoms with Crippen LogP contribution in [0.1, 0.15) is 97.0 Å². The van der Waals surface area contributed by atoms with Crippen molar-refractivity contribution in [2.75, 3.05) is 6.54 Å². The number of alkyl carbamates (subject to hydrolysis) is 1. The Labute approximate surface area is 269 Å². The van der Waals surface area contributed by atoms with Crippen molar-refractivity contribution in [3.8, 4) is 0 Å². The predicted molar refractivity (Wildman–Crippen MR) is 177 cm³/mol. The molecule has 2 aromatic rings. The topological polar surface area (TPSA) is 114 Å². The fourth-order valence-electron chi connectivity index (χ4n) is 5.12. The van der Waals surface area contributed by atoms with Crippen molar-refractivity contribution in [1.82, 2.24) is 15.5 Å². The van der Waals surface area contributed by atoms with Gasteiger partial charge in [0.25, 0.3) is 0 Å². The lowest BCUT2D eigenvalue weighted by Gasteiger charge is -2.35. The van der Waals surface area contributed by atoms with Crippen molar-refractivity contribution in [2.24, 2.45) is 5.92 Å². The third-order valence-electron chi connectivity index (χ3n) is 6.73. The molecule has 0 aliphatic carbocycles. The standard InChI is InChI=1S/C36H53N3O6/c1-12-39(32(41)28(18-23(2)3)38-34(43)45-36(9,10)11)30(27-20-24(4)19-25(5)21-27)31(40)37-29(33(42)44-35(6,7)8)22-26-16-14-13-15-17-26/h13-17,19-21,23,28-30H,12,18,22H2,1-11H3,(H,37,40)(H,38,43). The van der Waals surface area contributed by atoms with Crippen molar-refractivity contribution in [2.45, 2.75) is 118 Å². The smallest absolute Gasteiger partial charge is 0.408 e. The number of carbonyl (C=O) groups is 4. The van der Waals surface area contributed by atoms with Crippen LogP contribution in [0.25, 0.3) is 0 Å². The summed E-state index contributed by atoms with van der Waals surface area (Å²) in [5.41, 5.74) is 1.76. The highest BCUT2D eigenvalue weighted by Crippen LogP contribution is 2.26. The molecule has 9 heteroatoms. The molecule has 0 radical (unpaired) electrons. The maximum atomic E-state index is 14.4. The molecule has 9 nitrogen and oxygen atoms in total. The van der Waals surface area contributed by atoms with Crippen molar-refractivity contribution in [3.05, 3.63) is 70.8 Å². The largest absolute Gasteiger partial charge is 0.458 e. The first-order chi connectivity index (χ1) is 20.8. The molecule has 45 heavy (non-hydrogen) atoms. The van der Waals surface area contributed by atoms with Gasteiger partial charge in [-0.2, -0.15) is 0 Å². The van der Waals surface area contributed by atoms with Crippen LogP contribution in [0.5, 0.6) is 0 Å². The van der Waals surface area contributed by atoms with Crippen LogP contribution < -0.4 is 10.6 Å². The van der Waals surface area contributed by atoms with Gasteiger partial charge in [-0.1, -0.05) is 73.5 Å². The lowest BCUT2D eigenvalue weighted by Crippen LogP contribution is -2.55. The van der Waals surface area contributed by atoms with Crippen LogP contribution in [0.2, 0.25) is 0 Å². The fourth-order valence-corrected chi connectivity index (χ4v) is 5.12. The van der Waals surface area contributed by atoms with E-state index in [0.29, 0.717) is 12.0 Å². The highest BCUT2D eigenvalue weighted by atomic mass is 16.6. The number of ether oxygens (including phenoxy) is 2. The Morgan fingerprint density at radius 3 is 1.84 bits per heavy atom. The molecule has 0 saturated heterocycles. The number of amides is 3. The van der Waals surface area contributed by atoms with Crippen LogP contribution in [-0.2, 0) is 30.3 Å². The Hall–Kier alpha value is -3.88. The number of benzene rings is 2. The average Bonchev–Trinajstić information content (AvgIpc) is 2.88. The van der Waals surface area contributed by atoms with E-state index in [9.17, 15) is 19.2 Å². The van der Waals surface area contributed by atoms with Crippen LogP contribution in [0.15, 0.2) is 48.5 Å². The first kappa shape index (κ1) is 37.3. The molecule has 0 bridgehead atoms. The Kier molecular flexibility index (Phi) is 13.2. The average molecular weight is 624 g/mol. The lowest BCUT2D eigenvalue weighted by molar-refractivity contribution is -0.159. The molecule has 0 heterocycles. The van der Waals surface area contributed by atoms with Gasteiger partial charge < -0.3 is 25.0 Å². The third-order valence-corrected chi connectivity index (χ3v) is 6.73. The zero-order valence-corrected chi connectivity index (χ0v) is 28.9. The molecule has 0 saturated carbocycles. The molecule has 0 aliphatic heterocycles. The first-order valence-corrected chi connectivity index (χ1v) is 15.7. The van der Waals surface area contributed by atoms with E-state index in [4.69, 9.17) is 9.47 Å². The predicted octanol–water partition coefficient (Wildman–Crippen LogP) is 6.20. The number of nitrogens with one attached hydrogen (secondary N) is 2. The number of aryl methyl sites for hydroxylation is 2. The van der Waals surface area contributed by atoms with Crippen molar-refractivity contribution in [3.63, 3.8) is 0 Å². The van der Waals surface area contributed by atoms with Crippen LogP contribution in [0.3, 0.4) is 0 Å². The summed E-state index contributed by atoms with van der Waals surface area (Å²) >= 11 is 0. The number of esters is 1. The summed E-state index contributed by atoms with van der Waals surface area (Å²) in [6.07, 6.45) is -0.167. The minimum atomic E-state index is -1.09. The van der Waals surface area contributed by atoms with Crippen LogP contribution >= 0.6 is 0 Å². The third kappa shape index (κ3) is 12.6. The molecule has 248 valence electrons. The molecular weight excluding hydrogens is 570 g/mol. The Morgan fingerprint density at radius 2 is 1.36 bits per heavy atom. The van der Waals surface area contributed by atoms with Gasteiger partial charge >= 0.3 is 12.1 Å². The van der Waals surface area contributed by atoms with E-state index in [-0.39, 0.29) is 18.9 Å². The summed E-state index contributed by atoms with van der Waals surface area (Å²) in [7, 11) is 0. The molecule has 0 aromatic heterocycles. The summed E-state index contributed by atoms with van der Waals surface area (Å²) in [6.45, 7) is 20.3. The molecule has 3 unspecified atom stereocenters. The van der Waals surface area contributed by atoms with Gasteiger partial charge in [0.2, 0.25) is 11.8 Å². The second kappa shape index (κ2) is 15.9. The van der Waals surface area contributed by atoms with E-state index in [1.54, 1.807) is 48.5 Å². The molecule has 3 atom stereocenters. The number of likely N-dealkylation sites (N-methyl/N-ethyl adjacent to an activating group) is 1. The Morgan fingerprint density at radius 1 is 0.800 bits per heavy atom. The number of rotatable bonds is 12. The van der Waals surface area contributed by atoms with Gasteiger partial charge in [-0.25, -0.2) is 9.59 Å². The van der Waals surface area contributed by atoms with Gasteiger partial charge in [-0.05, 0) is 85.8 Å². The summed E-state index contributed by atoms with van der Waals surface area (Å²) < 4.78 is 11.2. The quantitative estimate of drug-likeness (QED) is 0.272. The monoisotopic (exact) mass is 623 g/mol. The molecule has 2 aromatic carbocycles. The van der Waals surface area contributed by atoms with E-state index in [2.05, 4.69) is 10.6 Å². The van der Waals surface area contributed by atoms with Crippen molar-refractivity contribution in [1.29, 1.82) is 0 Å². The first-order valence-electron chi connectivity index (χ1n) is 15.7. The van der Waals surface area contributed by atoms with Crippen LogP contribution in [0, 0.1) is 19.8 Å². The van der Waals surface area contributed by atoms with Gasteiger partial charge in [0.1, 0.15) is 29.3 Å². The van der Waals surface area contributed by atoms with Crippen LogP contribution in [0.4, 0.5) is 4.79 Å². The molecule has 0 fully saturated rings. The van der Waals surface area contributed by atoms with Crippen molar-refractivity contribution >= 4 is 23.9 Å². The van der Waals surface area contributed by atoms with E-state index >= 15 is 0 Å². The van der Waals surface area contributed by atoms with Crippen molar-refractivity contribution < 1.29 is 28.7 Å². The van der Waals surface area contributed by atoms with E-state index in [1.807, 2.05) is 76.2 Å². The zero-order valence-electron chi connectivity index (χ0n) is 28.9. The minimum Gasteiger partial charge on any atom is -0.458 e. The van der Waals surface area contributed by atoms with Gasteiger partial charge in [0.05, 0.1) is 0 Å². The Balaban J connectivity index is 2.58. The number of carbonyl (C=O) groups excluding carboxylic acids is 4. The highest BCUT2D eigenvalue weighted by molar-refractivity contribution is 5.94. The number of nitrogens with zero attached hydrogens (tertiary/aromatic N) is 1. The molecule has 0 spiro atoms. The number of hydrogen-bond donors (Lipinski definition) is 2. The lowest BCUT2D eigenvalue weighted by atomic mass is 9.96. The normalized spacial score (nSPS) is 13.8. The summed E-state index contributed by atoms with van der Waals surface area (Å²) in [4.78, 5) is 56.3. The SMILES string of the molecule is CCN(C(=O)C(CC(C)C)NC(=O)OC(C)(C)C)C(C(=O)NC(Cc1ccccc1)C(=O)OC(C)(C)C)c1cc(C)cc(C)c1. The second-order valence-corrected chi connectivity index (χ2v) is 14.1. The van der Waals surface area contributed by atoms with Crippen LogP contribution in [-0.4, -0.2) is 58.6 Å². The maximum absolute atomic E-state index is 14.4. The van der Waals surface area contributed by atoms with E-state index in [0.717, 1.165) is 16.7 Å². The van der Waals surface area contributed by atoms with Gasteiger partial charge in [-0.15, -0.1) is 0 Å². The van der Waals surface area contributed by atoms with Gasteiger partial charge in [0.15, 0.2) is 0 Å². The molecule has 3 amide bonds. The fraction of sp³-hybridized carbons (Fsp3) is 0.556.